The molecule has 1 aromatic heterocycles. The maximum absolute atomic E-state index is 12.4. The number of esters is 1. The molecule has 0 N–H and O–H groups in total. The maximum Gasteiger partial charge on any atom is 0.337 e. The summed E-state index contributed by atoms with van der Waals surface area (Å²) in [6, 6.07) is 26.6. The van der Waals surface area contributed by atoms with Gasteiger partial charge < -0.3 is 14.0 Å². The minimum absolute atomic E-state index is 0.364. The minimum atomic E-state index is -0.364. The Balaban J connectivity index is 1.80. The lowest BCUT2D eigenvalue weighted by Gasteiger charge is -2.25. The molecule has 6 nitrogen and oxygen atoms in total. The lowest BCUT2D eigenvalue weighted by Crippen LogP contribution is -2.26. The molecule has 0 radical (unpaired) electrons. The highest BCUT2D eigenvalue weighted by atomic mass is 16.5. The van der Waals surface area contributed by atoms with Gasteiger partial charge in [-0.3, -0.25) is 4.90 Å². The van der Waals surface area contributed by atoms with Crippen molar-refractivity contribution in [1.82, 2.24) is 14.5 Å². The monoisotopic (exact) mass is 539 g/mol. The summed E-state index contributed by atoms with van der Waals surface area (Å²) in [4.78, 5) is 20.1. The molecule has 40 heavy (non-hydrogen) atoms. The summed E-state index contributed by atoms with van der Waals surface area (Å²) >= 11 is 0. The molecule has 0 bridgehead atoms. The first-order valence-corrected chi connectivity index (χ1v) is 14.3. The molecule has 0 unspecified atom stereocenters. The number of aromatic nitrogens is 2. The van der Waals surface area contributed by atoms with Crippen molar-refractivity contribution < 1.29 is 14.3 Å². The van der Waals surface area contributed by atoms with Gasteiger partial charge in [-0.25, -0.2) is 9.78 Å². The van der Waals surface area contributed by atoms with Gasteiger partial charge in [0, 0.05) is 30.8 Å². The molecule has 0 fully saturated rings. The molecule has 1 heterocycles. The Morgan fingerprint density at radius 3 is 2.15 bits per heavy atom. The van der Waals surface area contributed by atoms with Crippen LogP contribution in [0.3, 0.4) is 0 Å². The highest BCUT2D eigenvalue weighted by molar-refractivity contribution is 5.90. The number of carbonyl (C=O) groups is 1. The molecule has 6 heteroatoms. The Kier molecular flexibility index (Phi) is 10.5. The summed E-state index contributed by atoms with van der Waals surface area (Å²) in [7, 11) is 3.03. The van der Waals surface area contributed by atoms with Crippen molar-refractivity contribution in [3.05, 3.63) is 95.7 Å². The predicted molar refractivity (Wildman–Crippen MR) is 161 cm³/mol. The molecule has 0 aliphatic carbocycles. The summed E-state index contributed by atoms with van der Waals surface area (Å²) in [5, 5.41) is 0. The Morgan fingerprint density at radius 2 is 1.52 bits per heavy atom. The zero-order valence-electron chi connectivity index (χ0n) is 24.2. The number of ether oxygens (including phenoxy) is 2. The van der Waals surface area contributed by atoms with E-state index < -0.39 is 0 Å². The van der Waals surface area contributed by atoms with E-state index in [1.54, 1.807) is 13.2 Å². The molecular weight excluding hydrogens is 498 g/mol. The number of hydrogen-bond acceptors (Lipinski definition) is 5. The van der Waals surface area contributed by atoms with Gasteiger partial charge in [-0.05, 0) is 43.1 Å². The van der Waals surface area contributed by atoms with Crippen LogP contribution >= 0.6 is 0 Å². The van der Waals surface area contributed by atoms with E-state index in [2.05, 4.69) is 71.8 Å². The summed E-state index contributed by atoms with van der Waals surface area (Å²) in [6.45, 7) is 7.69. The van der Waals surface area contributed by atoms with Gasteiger partial charge >= 0.3 is 5.97 Å². The van der Waals surface area contributed by atoms with Crippen LogP contribution in [0.25, 0.3) is 22.6 Å². The first-order chi connectivity index (χ1) is 19.6. The summed E-state index contributed by atoms with van der Waals surface area (Å²) < 4.78 is 12.9. The van der Waals surface area contributed by atoms with Crippen LogP contribution in [0.5, 0.6) is 5.75 Å². The van der Waals surface area contributed by atoms with Gasteiger partial charge in [-0.15, -0.1) is 0 Å². The Bertz CT molecular complexity index is 1370. The van der Waals surface area contributed by atoms with Crippen molar-refractivity contribution in [3.8, 4) is 28.4 Å². The van der Waals surface area contributed by atoms with Gasteiger partial charge in [0.1, 0.15) is 11.6 Å². The van der Waals surface area contributed by atoms with Crippen LogP contribution in [0.15, 0.2) is 78.9 Å². The molecule has 0 saturated carbocycles. The Hall–Kier alpha value is -3.90. The van der Waals surface area contributed by atoms with Crippen LogP contribution in [0.1, 0.15) is 61.1 Å². The lowest BCUT2D eigenvalue weighted by atomic mass is 10.1. The number of nitrogens with zero attached hydrogens (tertiary/aromatic N) is 3. The molecule has 4 rings (SSSR count). The Labute approximate surface area is 238 Å². The van der Waals surface area contributed by atoms with E-state index in [9.17, 15) is 4.79 Å². The number of imidazole rings is 1. The second-order valence-electron chi connectivity index (χ2n) is 10.1. The number of unbranched alkanes of at least 4 members (excludes halogenated alkanes) is 2. The van der Waals surface area contributed by atoms with E-state index in [0.717, 1.165) is 73.5 Å². The van der Waals surface area contributed by atoms with Gasteiger partial charge in [-0.1, -0.05) is 87.4 Å². The van der Waals surface area contributed by atoms with Crippen molar-refractivity contribution in [2.75, 3.05) is 20.8 Å². The molecule has 0 spiro atoms. The van der Waals surface area contributed by atoms with E-state index in [1.807, 2.05) is 24.3 Å². The molecule has 210 valence electrons. The fourth-order valence-electron chi connectivity index (χ4n) is 5.01. The van der Waals surface area contributed by atoms with Crippen LogP contribution in [0.4, 0.5) is 0 Å². The van der Waals surface area contributed by atoms with Gasteiger partial charge in [-0.2, -0.15) is 0 Å². The van der Waals surface area contributed by atoms with Crippen LogP contribution in [-0.2, 0) is 24.4 Å². The van der Waals surface area contributed by atoms with Gasteiger partial charge in [0.2, 0.25) is 0 Å². The molecule has 0 atom stereocenters. The zero-order chi connectivity index (χ0) is 28.3. The minimum Gasteiger partial charge on any atom is -0.497 e. The van der Waals surface area contributed by atoms with E-state index >= 15 is 0 Å². The van der Waals surface area contributed by atoms with E-state index in [-0.39, 0.29) is 5.97 Å². The quantitative estimate of drug-likeness (QED) is 0.154. The molecule has 4 aromatic rings. The SMILES string of the molecule is CCCCN(Cc1cc(OC)cc(C(=O)OC)c1)Cc1c(-c2ccccc2)nc(-c2ccccc2)n1CCCC. The molecule has 0 saturated heterocycles. The van der Waals surface area contributed by atoms with E-state index in [0.29, 0.717) is 17.9 Å². The average Bonchev–Trinajstić information content (AvgIpc) is 3.36. The number of rotatable bonds is 14. The maximum atomic E-state index is 12.4. The van der Waals surface area contributed by atoms with Crippen molar-refractivity contribution in [2.24, 2.45) is 0 Å². The molecular formula is C34H41N3O3. The van der Waals surface area contributed by atoms with Crippen LogP contribution in [0.2, 0.25) is 0 Å². The predicted octanol–water partition coefficient (Wildman–Crippen LogP) is 7.61. The highest BCUT2D eigenvalue weighted by Gasteiger charge is 2.22. The van der Waals surface area contributed by atoms with E-state index in [1.165, 1.54) is 12.8 Å². The molecule has 3 aromatic carbocycles. The van der Waals surface area contributed by atoms with Crippen molar-refractivity contribution in [2.45, 2.75) is 59.2 Å². The average molecular weight is 540 g/mol. The third kappa shape index (κ3) is 7.19. The first-order valence-electron chi connectivity index (χ1n) is 14.3. The van der Waals surface area contributed by atoms with Gasteiger partial charge in [0.25, 0.3) is 0 Å². The standard InChI is InChI=1S/C34H41N3O3/c1-5-7-19-36(24-26-21-29(34(38)40-4)23-30(22-26)39-3)25-31-32(27-15-11-9-12-16-27)35-33(37(31)20-8-6-2)28-17-13-10-14-18-28/h9-18,21-23H,5-8,19-20,24-25H2,1-4H3. The van der Waals surface area contributed by atoms with Crippen LogP contribution < -0.4 is 4.74 Å². The summed E-state index contributed by atoms with van der Waals surface area (Å²) in [5.74, 6) is 1.29. The van der Waals surface area contributed by atoms with Gasteiger partial charge in [0.15, 0.2) is 0 Å². The number of carbonyl (C=O) groups excluding carboxylic acids is 1. The second kappa shape index (κ2) is 14.5. The third-order valence-electron chi connectivity index (χ3n) is 7.12. The molecule has 0 aliphatic heterocycles. The number of methoxy groups -OCH3 is 2. The molecule has 0 amide bonds. The third-order valence-corrected chi connectivity index (χ3v) is 7.12. The van der Waals surface area contributed by atoms with Gasteiger partial charge in [0.05, 0.1) is 31.2 Å². The van der Waals surface area contributed by atoms with Crippen LogP contribution in [-0.4, -0.2) is 41.2 Å². The number of benzene rings is 3. The lowest BCUT2D eigenvalue weighted by molar-refractivity contribution is 0.0600. The Morgan fingerprint density at radius 1 is 0.850 bits per heavy atom. The fourth-order valence-corrected chi connectivity index (χ4v) is 5.01. The fraction of sp³-hybridized carbons (Fsp3) is 0.353. The normalized spacial score (nSPS) is 11.1. The first kappa shape index (κ1) is 29.1. The van der Waals surface area contributed by atoms with Crippen LogP contribution in [0, 0.1) is 0 Å². The smallest absolute Gasteiger partial charge is 0.337 e. The summed E-state index contributed by atoms with van der Waals surface area (Å²) in [5.41, 5.74) is 5.99. The number of hydrogen-bond donors (Lipinski definition) is 0. The summed E-state index contributed by atoms with van der Waals surface area (Å²) in [6.07, 6.45) is 4.35. The largest absolute Gasteiger partial charge is 0.497 e. The van der Waals surface area contributed by atoms with Crippen molar-refractivity contribution >= 4 is 5.97 Å². The van der Waals surface area contributed by atoms with Crippen molar-refractivity contribution in [1.29, 1.82) is 0 Å². The van der Waals surface area contributed by atoms with Crippen molar-refractivity contribution in [3.63, 3.8) is 0 Å². The zero-order valence-corrected chi connectivity index (χ0v) is 24.2. The highest BCUT2D eigenvalue weighted by Crippen LogP contribution is 2.31. The second-order valence-corrected chi connectivity index (χ2v) is 10.1. The molecule has 0 aliphatic rings. The topological polar surface area (TPSA) is 56.6 Å². The van der Waals surface area contributed by atoms with E-state index in [4.69, 9.17) is 14.5 Å².